The number of ether oxygens (including phenoxy) is 1. The van der Waals surface area contributed by atoms with Gasteiger partial charge >= 0.3 is 0 Å². The van der Waals surface area contributed by atoms with Crippen LogP contribution in [0.2, 0.25) is 0 Å². The lowest BCUT2D eigenvalue weighted by Crippen LogP contribution is -2.27. The number of fused-ring (bicyclic) bond motifs is 1. The first-order chi connectivity index (χ1) is 20.1. The van der Waals surface area contributed by atoms with E-state index in [-0.39, 0.29) is 40.8 Å². The van der Waals surface area contributed by atoms with Crippen LogP contribution >= 0.6 is 0 Å². The summed E-state index contributed by atoms with van der Waals surface area (Å²) >= 11 is 0. The Morgan fingerprint density at radius 2 is 1.70 bits per heavy atom. The Kier molecular flexibility index (Phi) is 8.97. The first kappa shape index (κ1) is 31.3. The van der Waals surface area contributed by atoms with Gasteiger partial charge in [-0.3, -0.25) is 19.1 Å². The number of hydrogen-bond donors (Lipinski definition) is 4. The Balaban J connectivity index is 1.82. The summed E-state index contributed by atoms with van der Waals surface area (Å²) in [6.07, 6.45) is 2.68. The van der Waals surface area contributed by atoms with Gasteiger partial charge in [-0.25, -0.2) is 8.42 Å². The molecule has 13 heteroatoms. The third kappa shape index (κ3) is 7.43. The number of pyridine rings is 1. The molecule has 0 fully saturated rings. The van der Waals surface area contributed by atoms with Crippen molar-refractivity contribution in [1.82, 2.24) is 19.8 Å². The van der Waals surface area contributed by atoms with Crippen molar-refractivity contribution in [3.63, 3.8) is 0 Å². The van der Waals surface area contributed by atoms with Gasteiger partial charge in [0.25, 0.3) is 11.5 Å². The van der Waals surface area contributed by atoms with E-state index in [1.54, 1.807) is 61.5 Å². The van der Waals surface area contributed by atoms with Crippen molar-refractivity contribution in [2.75, 3.05) is 43.5 Å². The van der Waals surface area contributed by atoms with Crippen LogP contribution in [0.1, 0.15) is 28.5 Å². The van der Waals surface area contributed by atoms with Crippen molar-refractivity contribution in [1.29, 1.82) is 0 Å². The number of likely N-dealkylation sites (N-methyl/N-ethyl adjacent to an activating group) is 1. The zero-order valence-electron chi connectivity index (χ0n) is 25.2. The second kappa shape index (κ2) is 12.3. The summed E-state index contributed by atoms with van der Waals surface area (Å²) < 4.78 is 34.6. The maximum Gasteiger partial charge on any atom is 0.274 e. The molecule has 0 bridgehead atoms. The smallest absolute Gasteiger partial charge is 0.274 e. The number of nitrogens with one attached hydrogen (secondary N) is 4. The van der Waals surface area contributed by atoms with Crippen LogP contribution in [0.4, 0.5) is 11.4 Å². The summed E-state index contributed by atoms with van der Waals surface area (Å²) in [5.41, 5.74) is 3.67. The Hall–Kier alpha value is -4.62. The second-order valence-electron chi connectivity index (χ2n) is 10.7. The van der Waals surface area contributed by atoms with Gasteiger partial charge in [-0.15, -0.1) is 0 Å². The summed E-state index contributed by atoms with van der Waals surface area (Å²) in [4.78, 5) is 42.5. The van der Waals surface area contributed by atoms with Gasteiger partial charge in [-0.05, 0) is 81.9 Å². The molecule has 2 aromatic carbocycles. The monoisotopic (exact) mass is 608 g/mol. The van der Waals surface area contributed by atoms with E-state index in [9.17, 15) is 22.8 Å². The topological polar surface area (TPSA) is 155 Å². The Labute approximate surface area is 250 Å². The summed E-state index contributed by atoms with van der Waals surface area (Å²) in [5, 5.41) is 6.10. The van der Waals surface area contributed by atoms with Crippen molar-refractivity contribution in [3.8, 4) is 22.6 Å². The van der Waals surface area contributed by atoms with Crippen molar-refractivity contribution in [2.45, 2.75) is 20.8 Å². The number of sulfonamides is 1. The third-order valence-electron chi connectivity index (χ3n) is 6.49. The SMILES string of the molecule is CCNC(=O)c1cc2c(-c3cc(NS(C)(=O)=O)cc(Oc4c(C)cc(NC(=O)CN(C)C)cc4C)c3)cn(C)c(=O)c2[nH]1. The maximum absolute atomic E-state index is 12.9. The van der Waals surface area contributed by atoms with Crippen molar-refractivity contribution < 1.29 is 22.7 Å². The third-order valence-corrected chi connectivity index (χ3v) is 7.10. The highest BCUT2D eigenvalue weighted by molar-refractivity contribution is 7.92. The molecule has 0 aliphatic heterocycles. The number of nitrogens with zero attached hydrogens (tertiary/aromatic N) is 2. The van der Waals surface area contributed by atoms with E-state index >= 15 is 0 Å². The highest BCUT2D eigenvalue weighted by Crippen LogP contribution is 2.37. The van der Waals surface area contributed by atoms with Crippen molar-refractivity contribution in [3.05, 3.63) is 69.8 Å². The van der Waals surface area contributed by atoms with Crippen LogP contribution in [0.25, 0.3) is 22.0 Å². The van der Waals surface area contributed by atoms with Gasteiger partial charge in [0.05, 0.1) is 18.5 Å². The van der Waals surface area contributed by atoms with E-state index in [1.807, 2.05) is 27.9 Å². The van der Waals surface area contributed by atoms with Crippen molar-refractivity contribution >= 4 is 44.1 Å². The first-order valence-electron chi connectivity index (χ1n) is 13.5. The van der Waals surface area contributed by atoms with Crippen LogP contribution in [0.5, 0.6) is 11.5 Å². The van der Waals surface area contributed by atoms with Gasteiger partial charge in [-0.2, -0.15) is 0 Å². The van der Waals surface area contributed by atoms with Gasteiger partial charge in [0.1, 0.15) is 22.7 Å². The lowest BCUT2D eigenvalue weighted by Gasteiger charge is -2.17. The van der Waals surface area contributed by atoms with E-state index in [1.165, 1.54) is 4.57 Å². The molecule has 0 saturated carbocycles. The van der Waals surface area contributed by atoms with E-state index in [2.05, 4.69) is 20.3 Å². The van der Waals surface area contributed by atoms with Crippen LogP contribution in [-0.2, 0) is 21.9 Å². The van der Waals surface area contributed by atoms with Crippen LogP contribution in [0.3, 0.4) is 0 Å². The van der Waals surface area contributed by atoms with Crippen LogP contribution < -0.4 is 25.7 Å². The first-order valence-corrected chi connectivity index (χ1v) is 15.4. The summed E-state index contributed by atoms with van der Waals surface area (Å²) in [7, 11) is 1.58. The minimum absolute atomic E-state index is 0.148. The van der Waals surface area contributed by atoms with Gasteiger partial charge < -0.3 is 29.8 Å². The summed E-state index contributed by atoms with van der Waals surface area (Å²) in [6, 6.07) is 10.1. The maximum atomic E-state index is 12.9. The van der Waals surface area contributed by atoms with Crippen LogP contribution in [-0.4, -0.2) is 68.1 Å². The number of hydrogen-bond acceptors (Lipinski definition) is 7. The van der Waals surface area contributed by atoms with Gasteiger partial charge in [-0.1, -0.05) is 0 Å². The summed E-state index contributed by atoms with van der Waals surface area (Å²) in [6.45, 7) is 6.15. The number of aromatic amines is 1. The molecule has 2 heterocycles. The average Bonchev–Trinajstić information content (AvgIpc) is 3.33. The Bertz CT molecular complexity index is 1870. The quantitative estimate of drug-likeness (QED) is 0.215. The number of amides is 2. The predicted octanol–water partition coefficient (Wildman–Crippen LogP) is 3.56. The number of rotatable bonds is 10. The number of benzene rings is 2. The molecular weight excluding hydrogens is 572 g/mol. The fourth-order valence-electron chi connectivity index (χ4n) is 4.82. The largest absolute Gasteiger partial charge is 0.457 e. The van der Waals surface area contributed by atoms with Gasteiger partial charge in [0.2, 0.25) is 15.9 Å². The standard InChI is InChI=1S/C30H36N6O6S/c1-8-31-29(38)25-14-23-24(15-36(6)30(39)27(23)33-25)19-11-21(34-43(7,40)41)13-22(12-19)42-28-17(2)9-20(10-18(28)3)32-26(37)16-35(4)5/h9-15,33-34H,8,16H2,1-7H3,(H,31,38)(H,32,37). The van der Waals surface area contributed by atoms with E-state index in [0.29, 0.717) is 40.2 Å². The van der Waals surface area contributed by atoms with E-state index < -0.39 is 10.0 Å². The minimum Gasteiger partial charge on any atom is -0.457 e. The number of carbonyl (C=O) groups excluding carboxylic acids is 2. The molecule has 4 rings (SSSR count). The molecule has 228 valence electrons. The van der Waals surface area contributed by atoms with Crippen LogP contribution in [0, 0.1) is 13.8 Å². The summed E-state index contributed by atoms with van der Waals surface area (Å²) in [5.74, 6) is 0.375. The number of anilines is 2. The van der Waals surface area contributed by atoms with E-state index in [4.69, 9.17) is 4.74 Å². The molecule has 0 saturated heterocycles. The fraction of sp³-hybridized carbons (Fsp3) is 0.300. The molecule has 0 unspecified atom stereocenters. The Morgan fingerprint density at radius 3 is 2.30 bits per heavy atom. The van der Waals surface area contributed by atoms with E-state index in [0.717, 1.165) is 17.4 Å². The molecule has 0 aliphatic carbocycles. The van der Waals surface area contributed by atoms with Crippen LogP contribution in [0.15, 0.2) is 47.4 Å². The molecule has 0 spiro atoms. The number of H-pyrrole nitrogens is 1. The number of aryl methyl sites for hydroxylation is 3. The predicted molar refractivity (Wildman–Crippen MR) is 169 cm³/mol. The molecule has 0 aliphatic rings. The normalized spacial score (nSPS) is 11.5. The lowest BCUT2D eigenvalue weighted by atomic mass is 10.0. The molecule has 0 atom stereocenters. The zero-order chi connectivity index (χ0) is 31.6. The number of aromatic nitrogens is 2. The minimum atomic E-state index is -3.64. The molecular formula is C30H36N6O6S. The molecule has 2 aromatic heterocycles. The Morgan fingerprint density at radius 1 is 1.02 bits per heavy atom. The van der Waals surface area contributed by atoms with Gasteiger partial charge in [0.15, 0.2) is 0 Å². The number of carbonyl (C=O) groups is 2. The molecule has 4 aromatic rings. The highest BCUT2D eigenvalue weighted by atomic mass is 32.2. The highest BCUT2D eigenvalue weighted by Gasteiger charge is 2.18. The van der Waals surface area contributed by atoms with Gasteiger partial charge in [0, 0.05) is 42.5 Å². The second-order valence-corrected chi connectivity index (χ2v) is 12.5. The lowest BCUT2D eigenvalue weighted by molar-refractivity contribution is -0.116. The molecule has 43 heavy (non-hydrogen) atoms. The average molecular weight is 609 g/mol. The fourth-order valence-corrected chi connectivity index (χ4v) is 5.36. The molecule has 0 radical (unpaired) electrons. The zero-order valence-corrected chi connectivity index (χ0v) is 26.0. The van der Waals surface area contributed by atoms with Crippen molar-refractivity contribution in [2.24, 2.45) is 7.05 Å². The molecule has 4 N–H and O–H groups in total. The molecule has 2 amide bonds. The molecule has 12 nitrogen and oxygen atoms in total.